The van der Waals surface area contributed by atoms with Crippen molar-refractivity contribution in [2.45, 2.75) is 18.9 Å². The Balaban J connectivity index is 1.58. The summed E-state index contributed by atoms with van der Waals surface area (Å²) in [5.41, 5.74) is 8.44. The minimum absolute atomic E-state index is 0.0482. The van der Waals surface area contributed by atoms with Crippen LogP contribution in [0.4, 0.5) is 11.5 Å². The van der Waals surface area contributed by atoms with Crippen LogP contribution in [0.25, 0.3) is 21.9 Å². The zero-order valence-corrected chi connectivity index (χ0v) is 16.8. The van der Waals surface area contributed by atoms with Crippen LogP contribution >= 0.6 is 0 Å². The fourth-order valence-electron chi connectivity index (χ4n) is 3.50. The summed E-state index contributed by atoms with van der Waals surface area (Å²) in [5.74, 6) is -1.64. The Morgan fingerprint density at radius 3 is 2.81 bits per heavy atom. The lowest BCUT2D eigenvalue weighted by atomic mass is 9.99. The number of hydrogen-bond donors (Lipinski definition) is 3. The van der Waals surface area contributed by atoms with Gasteiger partial charge in [-0.2, -0.15) is 5.26 Å². The first-order valence-electron chi connectivity index (χ1n) is 9.63. The summed E-state index contributed by atoms with van der Waals surface area (Å²) >= 11 is 0. The van der Waals surface area contributed by atoms with E-state index in [9.17, 15) is 14.9 Å². The van der Waals surface area contributed by atoms with Crippen molar-refractivity contribution in [3.63, 3.8) is 0 Å². The standard InChI is InChI=1S/C22H20N6O3/c1-13-2-4-25-9-16(13)14-6-15-8-19(26-10-17(15)18(24)7-14)27-20(29)21(30)28-22(11-23)3-5-31-12-22/h2,4,6-10H,3,5,12,24H2,1H3,(H,28,30)(H,26,27,29). The van der Waals surface area contributed by atoms with Crippen molar-refractivity contribution in [2.75, 3.05) is 24.3 Å². The molecule has 9 nitrogen and oxygen atoms in total. The molecule has 1 unspecified atom stereocenters. The van der Waals surface area contributed by atoms with E-state index in [0.29, 0.717) is 18.7 Å². The van der Waals surface area contributed by atoms with E-state index in [1.54, 1.807) is 24.7 Å². The molecule has 1 aromatic carbocycles. The summed E-state index contributed by atoms with van der Waals surface area (Å²) in [6.45, 7) is 2.38. The molecule has 1 saturated heterocycles. The highest BCUT2D eigenvalue weighted by molar-refractivity contribution is 6.39. The highest BCUT2D eigenvalue weighted by Crippen LogP contribution is 2.31. The second-order valence-electron chi connectivity index (χ2n) is 7.45. The summed E-state index contributed by atoms with van der Waals surface area (Å²) in [6, 6.07) is 9.34. The van der Waals surface area contributed by atoms with Crippen LogP contribution in [0.15, 0.2) is 42.9 Å². The second-order valence-corrected chi connectivity index (χ2v) is 7.45. The van der Waals surface area contributed by atoms with Gasteiger partial charge in [0.1, 0.15) is 5.82 Å². The third-order valence-electron chi connectivity index (χ3n) is 5.26. The number of nitrogens with zero attached hydrogens (tertiary/aromatic N) is 3. The summed E-state index contributed by atoms with van der Waals surface area (Å²) in [5, 5.41) is 15.7. The molecule has 2 aromatic heterocycles. The number of pyridine rings is 2. The van der Waals surface area contributed by atoms with Gasteiger partial charge in [-0.25, -0.2) is 4.98 Å². The van der Waals surface area contributed by atoms with Gasteiger partial charge in [-0.05, 0) is 47.7 Å². The molecule has 0 bridgehead atoms. The molecular formula is C22H20N6O3. The summed E-state index contributed by atoms with van der Waals surface area (Å²) in [4.78, 5) is 33.0. The topological polar surface area (TPSA) is 143 Å². The van der Waals surface area contributed by atoms with Crippen LogP contribution in [0.1, 0.15) is 12.0 Å². The molecule has 1 fully saturated rings. The zero-order chi connectivity index (χ0) is 22.0. The molecule has 3 heterocycles. The minimum Gasteiger partial charge on any atom is -0.398 e. The molecule has 3 aromatic rings. The summed E-state index contributed by atoms with van der Waals surface area (Å²) in [6.07, 6.45) is 5.36. The number of ether oxygens (including phenoxy) is 1. The molecule has 1 aliphatic rings. The Morgan fingerprint density at radius 1 is 1.26 bits per heavy atom. The third-order valence-corrected chi connectivity index (χ3v) is 5.26. The van der Waals surface area contributed by atoms with Gasteiger partial charge in [-0.15, -0.1) is 0 Å². The molecule has 4 rings (SSSR count). The fraction of sp³-hybridized carbons (Fsp3) is 0.227. The minimum atomic E-state index is -1.18. The number of nitriles is 1. The van der Waals surface area contributed by atoms with E-state index in [1.165, 1.54) is 0 Å². The van der Waals surface area contributed by atoms with Gasteiger partial charge in [0.15, 0.2) is 5.54 Å². The predicted molar refractivity (Wildman–Crippen MR) is 115 cm³/mol. The average Bonchev–Trinajstić information content (AvgIpc) is 3.22. The van der Waals surface area contributed by atoms with Crippen molar-refractivity contribution in [3.8, 4) is 17.2 Å². The number of fused-ring (bicyclic) bond motifs is 1. The van der Waals surface area contributed by atoms with Crippen LogP contribution in [0.2, 0.25) is 0 Å². The number of amides is 2. The first-order chi connectivity index (χ1) is 14.9. The number of nitrogen functional groups attached to an aromatic ring is 1. The lowest BCUT2D eigenvalue weighted by molar-refractivity contribution is -0.137. The van der Waals surface area contributed by atoms with E-state index in [-0.39, 0.29) is 12.4 Å². The molecule has 1 atom stereocenters. The molecule has 31 heavy (non-hydrogen) atoms. The molecule has 9 heteroatoms. The van der Waals surface area contributed by atoms with Crippen molar-refractivity contribution < 1.29 is 14.3 Å². The molecular weight excluding hydrogens is 396 g/mol. The Bertz CT molecular complexity index is 1230. The number of rotatable bonds is 3. The molecule has 156 valence electrons. The van der Waals surface area contributed by atoms with E-state index < -0.39 is 17.4 Å². The smallest absolute Gasteiger partial charge is 0.314 e. The van der Waals surface area contributed by atoms with E-state index in [4.69, 9.17) is 10.5 Å². The van der Waals surface area contributed by atoms with Crippen LogP contribution < -0.4 is 16.4 Å². The average molecular weight is 416 g/mol. The van der Waals surface area contributed by atoms with Gasteiger partial charge in [0.05, 0.1) is 19.3 Å². The largest absolute Gasteiger partial charge is 0.398 e. The maximum atomic E-state index is 12.3. The van der Waals surface area contributed by atoms with Gasteiger partial charge in [0, 0.05) is 41.6 Å². The van der Waals surface area contributed by atoms with Crippen LogP contribution in [-0.2, 0) is 14.3 Å². The van der Waals surface area contributed by atoms with Gasteiger partial charge in [-0.3, -0.25) is 14.6 Å². The predicted octanol–water partition coefficient (Wildman–Crippen LogP) is 1.92. The first-order valence-corrected chi connectivity index (χ1v) is 9.63. The zero-order valence-electron chi connectivity index (χ0n) is 16.8. The van der Waals surface area contributed by atoms with E-state index in [2.05, 4.69) is 20.6 Å². The van der Waals surface area contributed by atoms with Gasteiger partial charge in [0.25, 0.3) is 0 Å². The number of carbonyl (C=O) groups excluding carboxylic acids is 2. The lowest BCUT2D eigenvalue weighted by Crippen LogP contribution is -2.51. The second kappa shape index (κ2) is 8.01. The highest BCUT2D eigenvalue weighted by Gasteiger charge is 2.38. The Hall–Kier alpha value is -4.03. The Labute approximate surface area is 178 Å². The number of aryl methyl sites for hydroxylation is 1. The molecule has 0 radical (unpaired) electrons. The van der Waals surface area contributed by atoms with Crippen LogP contribution in [0, 0.1) is 18.3 Å². The monoisotopic (exact) mass is 416 g/mol. The molecule has 0 aliphatic carbocycles. The van der Waals surface area contributed by atoms with Crippen LogP contribution in [-0.4, -0.2) is 40.5 Å². The first kappa shape index (κ1) is 20.3. The van der Waals surface area contributed by atoms with Crippen LogP contribution in [0.5, 0.6) is 0 Å². The van der Waals surface area contributed by atoms with Crippen molar-refractivity contribution in [3.05, 3.63) is 48.4 Å². The van der Waals surface area contributed by atoms with Gasteiger partial charge < -0.3 is 21.1 Å². The number of anilines is 2. The van der Waals surface area contributed by atoms with E-state index in [1.807, 2.05) is 31.2 Å². The molecule has 1 aliphatic heterocycles. The third kappa shape index (κ3) is 4.01. The summed E-state index contributed by atoms with van der Waals surface area (Å²) in [7, 11) is 0. The Kier molecular flexibility index (Phi) is 5.23. The number of aromatic nitrogens is 2. The number of hydrogen-bond acceptors (Lipinski definition) is 7. The molecule has 0 spiro atoms. The quantitative estimate of drug-likeness (QED) is 0.437. The maximum absolute atomic E-state index is 12.3. The number of carbonyl (C=O) groups is 2. The van der Waals surface area contributed by atoms with Gasteiger partial charge in [0.2, 0.25) is 0 Å². The van der Waals surface area contributed by atoms with Crippen molar-refractivity contribution in [2.24, 2.45) is 0 Å². The SMILES string of the molecule is Cc1ccncc1-c1cc(N)c2cnc(NC(=O)C(=O)NC3(C#N)CCOC3)cc2c1. The number of nitrogens with two attached hydrogens (primary N) is 1. The van der Waals surface area contributed by atoms with Crippen LogP contribution in [0.3, 0.4) is 0 Å². The van der Waals surface area contributed by atoms with Crippen molar-refractivity contribution in [1.29, 1.82) is 5.26 Å². The lowest BCUT2D eigenvalue weighted by Gasteiger charge is -2.19. The molecule has 2 amide bonds. The van der Waals surface area contributed by atoms with Gasteiger partial charge in [-0.1, -0.05) is 0 Å². The number of nitrogens with one attached hydrogen (secondary N) is 2. The maximum Gasteiger partial charge on any atom is 0.314 e. The molecule has 4 N–H and O–H groups in total. The van der Waals surface area contributed by atoms with E-state index >= 15 is 0 Å². The van der Waals surface area contributed by atoms with Gasteiger partial charge >= 0.3 is 11.8 Å². The van der Waals surface area contributed by atoms with Crippen molar-refractivity contribution in [1.82, 2.24) is 15.3 Å². The number of benzene rings is 1. The normalized spacial score (nSPS) is 17.8. The highest BCUT2D eigenvalue weighted by atomic mass is 16.5. The molecule has 0 saturated carbocycles. The van der Waals surface area contributed by atoms with E-state index in [0.717, 1.165) is 27.5 Å². The fourth-order valence-corrected chi connectivity index (χ4v) is 3.50. The Morgan fingerprint density at radius 2 is 2.10 bits per heavy atom. The summed E-state index contributed by atoms with van der Waals surface area (Å²) < 4.78 is 5.17. The van der Waals surface area contributed by atoms with Crippen molar-refractivity contribution >= 4 is 34.1 Å².